The van der Waals surface area contributed by atoms with Crippen LogP contribution in [0.1, 0.15) is 57.1 Å². The van der Waals surface area contributed by atoms with Crippen molar-refractivity contribution in [2.24, 2.45) is 0 Å². The molecule has 1 heteroatoms. The summed E-state index contributed by atoms with van der Waals surface area (Å²) in [5.41, 5.74) is 3.80. The van der Waals surface area contributed by atoms with Crippen LogP contribution in [0.5, 0.6) is 0 Å². The van der Waals surface area contributed by atoms with Crippen molar-refractivity contribution in [2.75, 3.05) is 0 Å². The van der Waals surface area contributed by atoms with Gasteiger partial charge in [0, 0.05) is 0 Å². The summed E-state index contributed by atoms with van der Waals surface area (Å²) < 4.78 is 0. The fourth-order valence-corrected chi connectivity index (χ4v) is 3.37. The summed E-state index contributed by atoms with van der Waals surface area (Å²) in [4.78, 5) is 0. The molecule has 0 saturated heterocycles. The van der Waals surface area contributed by atoms with Gasteiger partial charge in [-0.1, -0.05) is 51.0 Å². The summed E-state index contributed by atoms with van der Waals surface area (Å²) in [6, 6.07) is 9.09. The SMILES string of the molecule is CCCC1(CCC)CCc2ccccc21.N. The minimum Gasteiger partial charge on any atom is -0.344 e. The van der Waals surface area contributed by atoms with Gasteiger partial charge in [-0.3, -0.25) is 0 Å². The molecule has 1 nitrogen and oxygen atoms in total. The number of hydrogen-bond acceptors (Lipinski definition) is 1. The van der Waals surface area contributed by atoms with Crippen molar-refractivity contribution < 1.29 is 0 Å². The fourth-order valence-electron chi connectivity index (χ4n) is 3.37. The van der Waals surface area contributed by atoms with Crippen LogP contribution >= 0.6 is 0 Å². The summed E-state index contributed by atoms with van der Waals surface area (Å²) in [7, 11) is 0. The Morgan fingerprint density at radius 1 is 1.06 bits per heavy atom. The zero-order valence-electron chi connectivity index (χ0n) is 10.8. The molecule has 1 aromatic carbocycles. The smallest absolute Gasteiger partial charge is 0.00413 e. The summed E-state index contributed by atoms with van der Waals surface area (Å²) in [5.74, 6) is 0. The van der Waals surface area contributed by atoms with Crippen LogP contribution in [-0.2, 0) is 11.8 Å². The molecule has 0 radical (unpaired) electrons. The van der Waals surface area contributed by atoms with Gasteiger partial charge in [0.15, 0.2) is 0 Å². The van der Waals surface area contributed by atoms with Crippen LogP contribution in [0.3, 0.4) is 0 Å². The molecule has 0 amide bonds. The highest BCUT2D eigenvalue weighted by Gasteiger charge is 2.36. The summed E-state index contributed by atoms with van der Waals surface area (Å²) >= 11 is 0. The van der Waals surface area contributed by atoms with Crippen molar-refractivity contribution in [1.82, 2.24) is 6.15 Å². The first-order chi connectivity index (χ1) is 7.32. The Labute approximate surface area is 99.8 Å². The highest BCUT2D eigenvalue weighted by Crippen LogP contribution is 2.45. The van der Waals surface area contributed by atoms with Crippen LogP contribution in [0.2, 0.25) is 0 Å². The molecule has 0 unspecified atom stereocenters. The number of benzene rings is 1. The minimum absolute atomic E-state index is 0. The average molecular weight is 219 g/mol. The second kappa shape index (κ2) is 5.49. The topological polar surface area (TPSA) is 35.0 Å². The van der Waals surface area contributed by atoms with Gasteiger partial charge in [-0.25, -0.2) is 0 Å². The van der Waals surface area contributed by atoms with Crippen LogP contribution in [0.4, 0.5) is 0 Å². The van der Waals surface area contributed by atoms with Gasteiger partial charge in [0.05, 0.1) is 0 Å². The Bertz CT molecular complexity index is 318. The van der Waals surface area contributed by atoms with Crippen molar-refractivity contribution in [3.63, 3.8) is 0 Å². The van der Waals surface area contributed by atoms with E-state index in [1.165, 1.54) is 38.5 Å². The maximum atomic E-state index is 2.37. The highest BCUT2D eigenvalue weighted by atomic mass is 14.4. The number of rotatable bonds is 4. The van der Waals surface area contributed by atoms with Crippen molar-refractivity contribution in [3.8, 4) is 0 Å². The monoisotopic (exact) mass is 219 g/mol. The molecule has 2 rings (SSSR count). The molecule has 0 aliphatic heterocycles. The summed E-state index contributed by atoms with van der Waals surface area (Å²) in [6.07, 6.45) is 8.06. The Kier molecular flexibility index (Phi) is 4.55. The van der Waals surface area contributed by atoms with E-state index in [1.807, 2.05) is 0 Å². The molecule has 0 aromatic heterocycles. The van der Waals surface area contributed by atoms with Crippen molar-refractivity contribution in [3.05, 3.63) is 35.4 Å². The molecule has 0 heterocycles. The first-order valence-corrected chi connectivity index (χ1v) is 6.41. The van der Waals surface area contributed by atoms with E-state index in [-0.39, 0.29) is 6.15 Å². The Hall–Kier alpha value is -0.820. The second-order valence-corrected chi connectivity index (χ2v) is 4.94. The quantitative estimate of drug-likeness (QED) is 0.787. The van der Waals surface area contributed by atoms with E-state index in [0.29, 0.717) is 5.41 Å². The third kappa shape index (κ3) is 2.15. The molecule has 16 heavy (non-hydrogen) atoms. The highest BCUT2D eigenvalue weighted by molar-refractivity contribution is 5.39. The van der Waals surface area contributed by atoms with E-state index in [2.05, 4.69) is 38.1 Å². The first kappa shape index (κ1) is 13.2. The number of hydrogen-bond donors (Lipinski definition) is 1. The lowest BCUT2D eigenvalue weighted by Gasteiger charge is -2.30. The van der Waals surface area contributed by atoms with Gasteiger partial charge in [-0.15, -0.1) is 0 Å². The van der Waals surface area contributed by atoms with Crippen LogP contribution in [0.25, 0.3) is 0 Å². The van der Waals surface area contributed by atoms with Crippen molar-refractivity contribution in [1.29, 1.82) is 0 Å². The summed E-state index contributed by atoms with van der Waals surface area (Å²) in [5, 5.41) is 0. The Morgan fingerprint density at radius 2 is 1.69 bits per heavy atom. The molecule has 0 saturated carbocycles. The molecule has 3 N–H and O–H groups in total. The lowest BCUT2D eigenvalue weighted by molar-refractivity contribution is 0.354. The molecule has 1 aromatic rings. The minimum atomic E-state index is 0. The van der Waals surface area contributed by atoms with Crippen LogP contribution < -0.4 is 6.15 Å². The molecule has 90 valence electrons. The van der Waals surface area contributed by atoms with E-state index < -0.39 is 0 Å². The molecule has 0 bridgehead atoms. The fraction of sp³-hybridized carbons (Fsp3) is 0.600. The van der Waals surface area contributed by atoms with Gasteiger partial charge >= 0.3 is 0 Å². The maximum Gasteiger partial charge on any atom is -0.00413 e. The first-order valence-electron chi connectivity index (χ1n) is 6.41. The molecule has 1 aliphatic rings. The molecule has 0 atom stereocenters. The third-order valence-electron chi connectivity index (χ3n) is 3.92. The van der Waals surface area contributed by atoms with E-state index in [4.69, 9.17) is 0 Å². The van der Waals surface area contributed by atoms with Crippen LogP contribution in [0.15, 0.2) is 24.3 Å². The zero-order chi connectivity index (χ0) is 10.7. The van der Waals surface area contributed by atoms with Crippen molar-refractivity contribution in [2.45, 2.75) is 57.8 Å². The van der Waals surface area contributed by atoms with E-state index >= 15 is 0 Å². The van der Waals surface area contributed by atoms with Crippen LogP contribution in [-0.4, -0.2) is 0 Å². The third-order valence-corrected chi connectivity index (χ3v) is 3.92. The van der Waals surface area contributed by atoms with Gasteiger partial charge in [0.25, 0.3) is 0 Å². The largest absolute Gasteiger partial charge is 0.344 e. The Balaban J connectivity index is 0.00000128. The average Bonchev–Trinajstić information content (AvgIpc) is 2.60. The standard InChI is InChI=1S/C15H22.H3N/c1-3-10-15(11-4-2)12-9-13-7-5-6-8-14(13)15;/h5-8H,3-4,9-12H2,1-2H3;1H3. The maximum absolute atomic E-state index is 2.37. The van der Waals surface area contributed by atoms with Crippen molar-refractivity contribution >= 4 is 0 Å². The normalized spacial score (nSPS) is 16.6. The van der Waals surface area contributed by atoms with Gasteiger partial charge in [0.1, 0.15) is 0 Å². The molecule has 0 spiro atoms. The van der Waals surface area contributed by atoms with Gasteiger partial charge < -0.3 is 6.15 Å². The van der Waals surface area contributed by atoms with Gasteiger partial charge in [-0.05, 0) is 42.2 Å². The van der Waals surface area contributed by atoms with E-state index in [0.717, 1.165) is 0 Å². The molecule has 1 aliphatic carbocycles. The van der Waals surface area contributed by atoms with Gasteiger partial charge in [-0.2, -0.15) is 0 Å². The molecular formula is C15H25N. The lowest BCUT2D eigenvalue weighted by Crippen LogP contribution is -2.22. The van der Waals surface area contributed by atoms with E-state index in [9.17, 15) is 0 Å². The van der Waals surface area contributed by atoms with E-state index in [1.54, 1.807) is 11.1 Å². The predicted molar refractivity (Wildman–Crippen MR) is 71.3 cm³/mol. The van der Waals surface area contributed by atoms with Crippen LogP contribution in [0, 0.1) is 0 Å². The summed E-state index contributed by atoms with van der Waals surface area (Å²) in [6.45, 7) is 4.64. The molecule has 0 fully saturated rings. The number of aryl methyl sites for hydroxylation is 1. The lowest BCUT2D eigenvalue weighted by atomic mass is 9.74. The number of fused-ring (bicyclic) bond motifs is 1. The van der Waals surface area contributed by atoms with Gasteiger partial charge in [0.2, 0.25) is 0 Å². The Morgan fingerprint density at radius 3 is 2.31 bits per heavy atom. The molecular weight excluding hydrogens is 194 g/mol. The zero-order valence-corrected chi connectivity index (χ0v) is 10.8. The second-order valence-electron chi connectivity index (χ2n) is 4.94. The predicted octanol–water partition coefficient (Wildman–Crippen LogP) is 4.63.